The number of hydrogen-bond donors (Lipinski definition) is 3. The molecule has 0 aliphatic carbocycles. The Kier molecular flexibility index (Phi) is 1980. The van der Waals surface area contributed by atoms with Gasteiger partial charge in [-0.05, 0) is 0 Å². The summed E-state index contributed by atoms with van der Waals surface area (Å²) in [5, 5.41) is 21.0. The quantitative estimate of drug-likeness (QED) is 0.522. The average molecular weight is 277 g/mol. The van der Waals surface area contributed by atoms with E-state index in [4.69, 9.17) is 15.3 Å². The first kappa shape index (κ1) is 25.5. The molecule has 1 radical (unpaired) electrons. The van der Waals surface area contributed by atoms with Crippen molar-refractivity contribution in [2.24, 2.45) is 0 Å². The Balaban J connectivity index is -0.00000000900. The van der Waals surface area contributed by atoms with Crippen LogP contribution in [0.5, 0.6) is 0 Å². The predicted molar refractivity (Wildman–Crippen MR) is 24.4 cm³/mol. The van der Waals surface area contributed by atoms with Crippen LogP contribution in [-0.4, -0.2) is 36.6 Å². The van der Waals surface area contributed by atoms with E-state index >= 15 is 0 Å². The molecule has 4 heteroatoms. The fraction of sp³-hybridized carbons (Fsp3) is 1.00. The maximum atomic E-state index is 7.00. The van der Waals surface area contributed by atoms with E-state index in [-0.39, 0.29) is 22.4 Å². The first-order chi connectivity index (χ1) is 3.00. The Labute approximate surface area is 59.5 Å². The molecule has 0 fully saturated rings. The molecule has 3 nitrogen and oxygen atoms in total. The number of hydrogen-bond acceptors (Lipinski definition) is 3. The SMILES string of the molecule is CO.CO.CO.[Ta]. The molecule has 3 N–H and O–H groups in total. The van der Waals surface area contributed by atoms with E-state index in [0.717, 1.165) is 21.3 Å². The second-order valence-corrected chi connectivity index (χ2v) is 0. The van der Waals surface area contributed by atoms with Crippen LogP contribution in [0.2, 0.25) is 0 Å². The fourth-order valence-electron chi connectivity index (χ4n) is 0. The summed E-state index contributed by atoms with van der Waals surface area (Å²) < 4.78 is 0. The summed E-state index contributed by atoms with van der Waals surface area (Å²) in [6, 6.07) is 0. The predicted octanol–water partition coefficient (Wildman–Crippen LogP) is -1.18. The van der Waals surface area contributed by atoms with Crippen molar-refractivity contribution < 1.29 is 37.7 Å². The van der Waals surface area contributed by atoms with Crippen molar-refractivity contribution in [3.05, 3.63) is 0 Å². The molecule has 7 heavy (non-hydrogen) atoms. The molecule has 0 aliphatic rings. The molecule has 0 heterocycles. The van der Waals surface area contributed by atoms with E-state index < -0.39 is 0 Å². The summed E-state index contributed by atoms with van der Waals surface area (Å²) >= 11 is 0. The topological polar surface area (TPSA) is 60.7 Å². The summed E-state index contributed by atoms with van der Waals surface area (Å²) in [7, 11) is 3.00. The third kappa shape index (κ3) is 367. The van der Waals surface area contributed by atoms with Crippen molar-refractivity contribution in [3.63, 3.8) is 0 Å². The number of rotatable bonds is 0. The molecule has 0 saturated carbocycles. The van der Waals surface area contributed by atoms with E-state index in [1.54, 1.807) is 0 Å². The van der Waals surface area contributed by atoms with Crippen molar-refractivity contribution in [3.8, 4) is 0 Å². The maximum absolute atomic E-state index is 7.00. The van der Waals surface area contributed by atoms with Crippen LogP contribution in [0.3, 0.4) is 0 Å². The number of aliphatic hydroxyl groups is 3. The molecule has 0 aliphatic heterocycles. The molecular weight excluding hydrogens is 265 g/mol. The van der Waals surface area contributed by atoms with Gasteiger partial charge in [0, 0.05) is 43.7 Å². The molecule has 0 spiro atoms. The summed E-state index contributed by atoms with van der Waals surface area (Å²) in [4.78, 5) is 0. The van der Waals surface area contributed by atoms with E-state index in [9.17, 15) is 0 Å². The summed E-state index contributed by atoms with van der Waals surface area (Å²) in [6.45, 7) is 0. The fourth-order valence-corrected chi connectivity index (χ4v) is 0. The minimum atomic E-state index is 0. The van der Waals surface area contributed by atoms with Crippen LogP contribution in [0.25, 0.3) is 0 Å². The molecule has 0 aromatic rings. The zero-order valence-corrected chi connectivity index (χ0v) is 8.00. The first-order valence-corrected chi connectivity index (χ1v) is 1.34. The van der Waals surface area contributed by atoms with Gasteiger partial charge in [-0.25, -0.2) is 0 Å². The monoisotopic (exact) mass is 277 g/mol. The smallest absolute Gasteiger partial charge is 0.0319 e. The van der Waals surface area contributed by atoms with Crippen LogP contribution in [0, 0.1) is 0 Å². The van der Waals surface area contributed by atoms with Crippen LogP contribution < -0.4 is 0 Å². The summed E-state index contributed by atoms with van der Waals surface area (Å²) in [5.74, 6) is 0. The maximum Gasteiger partial charge on any atom is 0.0319 e. The van der Waals surface area contributed by atoms with Crippen LogP contribution in [0.1, 0.15) is 0 Å². The Bertz CT molecular complexity index is 10.1. The van der Waals surface area contributed by atoms with Gasteiger partial charge in [0.2, 0.25) is 0 Å². The normalized spacial score (nSPS) is 2.57. The van der Waals surface area contributed by atoms with Gasteiger partial charge in [-0.15, -0.1) is 0 Å². The minimum Gasteiger partial charge on any atom is -0.400 e. The minimum absolute atomic E-state index is 0. The molecule has 47 valence electrons. The Morgan fingerprint density at radius 2 is 0.571 bits per heavy atom. The third-order valence-corrected chi connectivity index (χ3v) is 0. The summed E-state index contributed by atoms with van der Waals surface area (Å²) in [6.07, 6.45) is 0. The van der Waals surface area contributed by atoms with Gasteiger partial charge in [0.25, 0.3) is 0 Å². The molecule has 0 aromatic heterocycles. The molecular formula is C3H12O3Ta. The Morgan fingerprint density at radius 3 is 0.571 bits per heavy atom. The van der Waals surface area contributed by atoms with Gasteiger partial charge in [0.15, 0.2) is 0 Å². The van der Waals surface area contributed by atoms with Crippen molar-refractivity contribution in [1.29, 1.82) is 0 Å². The molecule has 0 atom stereocenters. The van der Waals surface area contributed by atoms with E-state index in [1.165, 1.54) is 0 Å². The van der Waals surface area contributed by atoms with Crippen molar-refractivity contribution in [2.45, 2.75) is 0 Å². The largest absolute Gasteiger partial charge is 0.400 e. The van der Waals surface area contributed by atoms with Gasteiger partial charge in [-0.1, -0.05) is 0 Å². The molecule has 0 amide bonds. The second-order valence-electron chi connectivity index (χ2n) is 0. The van der Waals surface area contributed by atoms with Crippen LogP contribution in [0.15, 0.2) is 0 Å². The van der Waals surface area contributed by atoms with Crippen LogP contribution in [-0.2, 0) is 22.4 Å². The van der Waals surface area contributed by atoms with Crippen LogP contribution >= 0.6 is 0 Å². The van der Waals surface area contributed by atoms with Crippen molar-refractivity contribution in [1.82, 2.24) is 0 Å². The van der Waals surface area contributed by atoms with Gasteiger partial charge in [-0.3, -0.25) is 0 Å². The number of aliphatic hydroxyl groups excluding tert-OH is 3. The molecule has 0 bridgehead atoms. The van der Waals surface area contributed by atoms with Gasteiger partial charge in [-0.2, -0.15) is 0 Å². The Morgan fingerprint density at radius 1 is 0.571 bits per heavy atom. The zero-order valence-electron chi connectivity index (χ0n) is 4.79. The van der Waals surface area contributed by atoms with Gasteiger partial charge in [0.1, 0.15) is 0 Å². The zero-order chi connectivity index (χ0) is 6.00. The van der Waals surface area contributed by atoms with Gasteiger partial charge >= 0.3 is 0 Å². The molecule has 0 saturated heterocycles. The molecule has 0 unspecified atom stereocenters. The average Bonchev–Trinajstić information content (AvgIpc) is 1.81. The van der Waals surface area contributed by atoms with Crippen LogP contribution in [0.4, 0.5) is 0 Å². The van der Waals surface area contributed by atoms with E-state index in [2.05, 4.69) is 0 Å². The van der Waals surface area contributed by atoms with Gasteiger partial charge < -0.3 is 15.3 Å². The first-order valence-electron chi connectivity index (χ1n) is 1.34. The van der Waals surface area contributed by atoms with Crippen molar-refractivity contribution in [2.75, 3.05) is 21.3 Å². The molecule has 0 aromatic carbocycles. The molecule has 0 rings (SSSR count). The standard InChI is InChI=1S/3CH4O.Ta/c3*1-2;/h3*2H,1H3;. The van der Waals surface area contributed by atoms with Gasteiger partial charge in [0.05, 0.1) is 0 Å². The Hall–Kier alpha value is 0.620. The second kappa shape index (κ2) is 544. The van der Waals surface area contributed by atoms with Crippen molar-refractivity contribution >= 4 is 0 Å². The third-order valence-electron chi connectivity index (χ3n) is 0. The van der Waals surface area contributed by atoms with E-state index in [1.807, 2.05) is 0 Å². The van der Waals surface area contributed by atoms with E-state index in [0.29, 0.717) is 0 Å². The summed E-state index contributed by atoms with van der Waals surface area (Å²) in [5.41, 5.74) is 0.